The Balaban J connectivity index is 2.14. The van der Waals surface area contributed by atoms with Crippen LogP contribution in [0.4, 0.5) is 5.82 Å². The maximum atomic E-state index is 12.1. The highest BCUT2D eigenvalue weighted by Gasteiger charge is 2.17. The van der Waals surface area contributed by atoms with E-state index in [4.69, 9.17) is 16.7 Å². The first-order valence-electron chi connectivity index (χ1n) is 5.76. The van der Waals surface area contributed by atoms with Crippen molar-refractivity contribution in [2.24, 2.45) is 0 Å². The fourth-order valence-corrected chi connectivity index (χ4v) is 2.59. The Morgan fingerprint density at radius 1 is 1.43 bits per heavy atom. The number of halogens is 1. The molecule has 0 aliphatic heterocycles. The van der Waals surface area contributed by atoms with E-state index in [1.165, 1.54) is 23.0 Å². The third-order valence-electron chi connectivity index (χ3n) is 2.43. The topological polar surface area (TPSA) is 114 Å². The highest BCUT2D eigenvalue weighted by molar-refractivity contribution is 7.92. The molecule has 2 heterocycles. The van der Waals surface area contributed by atoms with Gasteiger partial charge in [-0.25, -0.2) is 13.4 Å². The van der Waals surface area contributed by atoms with Gasteiger partial charge in [-0.05, 0) is 12.1 Å². The number of sulfonamides is 1. The first-order valence-corrected chi connectivity index (χ1v) is 7.62. The maximum Gasteiger partial charge on any atom is 0.305 e. The molecule has 0 bridgehead atoms. The number of anilines is 1. The average molecular weight is 331 g/mol. The van der Waals surface area contributed by atoms with Crippen molar-refractivity contribution in [2.45, 2.75) is 17.9 Å². The second-order valence-electron chi connectivity index (χ2n) is 4.03. The second-order valence-corrected chi connectivity index (χ2v) is 6.10. The van der Waals surface area contributed by atoms with Gasteiger partial charge in [0.15, 0.2) is 0 Å². The van der Waals surface area contributed by atoms with Gasteiger partial charge >= 0.3 is 5.97 Å². The molecule has 0 atom stereocenters. The lowest BCUT2D eigenvalue weighted by molar-refractivity contribution is -0.137. The minimum absolute atomic E-state index is 0.0836. The Kier molecular flexibility index (Phi) is 4.43. The van der Waals surface area contributed by atoms with Gasteiger partial charge in [0.05, 0.1) is 19.2 Å². The molecule has 2 aromatic rings. The van der Waals surface area contributed by atoms with Crippen molar-refractivity contribution in [3.63, 3.8) is 0 Å². The molecule has 0 aromatic carbocycles. The molecule has 0 saturated carbocycles. The van der Waals surface area contributed by atoms with Crippen molar-refractivity contribution in [2.75, 3.05) is 4.72 Å². The highest BCUT2D eigenvalue weighted by atomic mass is 35.5. The van der Waals surface area contributed by atoms with Crippen LogP contribution in [0.2, 0.25) is 5.15 Å². The predicted molar refractivity (Wildman–Crippen MR) is 74.5 cm³/mol. The number of nitrogens with zero attached hydrogens (tertiary/aromatic N) is 3. The van der Waals surface area contributed by atoms with Gasteiger partial charge in [0.2, 0.25) is 0 Å². The minimum atomic E-state index is -3.85. The zero-order valence-electron chi connectivity index (χ0n) is 10.6. The summed E-state index contributed by atoms with van der Waals surface area (Å²) in [6.45, 7) is 0.0836. The molecule has 0 spiro atoms. The number of aliphatic carboxylic acids is 1. The summed E-state index contributed by atoms with van der Waals surface area (Å²) in [5, 5.41) is 12.5. The normalized spacial score (nSPS) is 11.3. The lowest BCUT2D eigenvalue weighted by atomic mass is 10.4. The standard InChI is InChI=1S/C11H11ClN4O4S/c12-9-2-1-3-10(14-9)15-21(19,20)8-6-13-16(7-8)5-4-11(17)18/h1-3,6-7H,4-5H2,(H,14,15)(H,17,18). The Bertz CT molecular complexity index is 759. The number of carbonyl (C=O) groups is 1. The van der Waals surface area contributed by atoms with Crippen LogP contribution in [0, 0.1) is 0 Å². The molecule has 0 aliphatic rings. The summed E-state index contributed by atoms with van der Waals surface area (Å²) in [4.78, 5) is 14.2. The lowest BCUT2D eigenvalue weighted by Gasteiger charge is -2.05. The second kappa shape index (κ2) is 6.10. The van der Waals surface area contributed by atoms with Crippen molar-refractivity contribution >= 4 is 33.4 Å². The van der Waals surface area contributed by atoms with E-state index in [2.05, 4.69) is 14.8 Å². The summed E-state index contributed by atoms with van der Waals surface area (Å²) in [6, 6.07) is 4.53. The van der Waals surface area contributed by atoms with E-state index in [0.29, 0.717) is 0 Å². The van der Waals surface area contributed by atoms with Crippen LogP contribution in [0.3, 0.4) is 0 Å². The van der Waals surface area contributed by atoms with Crippen LogP contribution < -0.4 is 4.72 Å². The molecule has 112 valence electrons. The van der Waals surface area contributed by atoms with Crippen LogP contribution in [-0.4, -0.2) is 34.3 Å². The summed E-state index contributed by atoms with van der Waals surface area (Å²) < 4.78 is 27.7. The number of aryl methyl sites for hydroxylation is 1. The molecule has 0 aliphatic carbocycles. The van der Waals surface area contributed by atoms with Gasteiger partial charge in [0.1, 0.15) is 15.9 Å². The van der Waals surface area contributed by atoms with Crippen molar-refractivity contribution in [3.8, 4) is 0 Å². The summed E-state index contributed by atoms with van der Waals surface area (Å²) >= 11 is 5.68. The van der Waals surface area contributed by atoms with Crippen LogP contribution in [-0.2, 0) is 21.4 Å². The Morgan fingerprint density at radius 3 is 2.86 bits per heavy atom. The fraction of sp³-hybridized carbons (Fsp3) is 0.182. The van der Waals surface area contributed by atoms with Crippen molar-refractivity contribution in [1.82, 2.24) is 14.8 Å². The number of rotatable bonds is 6. The molecule has 2 rings (SSSR count). The molecule has 2 N–H and O–H groups in total. The molecular formula is C11H11ClN4O4S. The number of pyridine rings is 1. The number of carboxylic acid groups (broad SMARTS) is 1. The number of aromatic nitrogens is 3. The third-order valence-corrected chi connectivity index (χ3v) is 3.95. The SMILES string of the molecule is O=C(O)CCn1cc(S(=O)(=O)Nc2cccc(Cl)n2)cn1. The van der Waals surface area contributed by atoms with Gasteiger partial charge < -0.3 is 5.11 Å². The minimum Gasteiger partial charge on any atom is -0.481 e. The van der Waals surface area contributed by atoms with E-state index in [9.17, 15) is 13.2 Å². The van der Waals surface area contributed by atoms with Crippen LogP contribution in [0.15, 0.2) is 35.5 Å². The van der Waals surface area contributed by atoms with E-state index in [-0.39, 0.29) is 28.8 Å². The summed E-state index contributed by atoms with van der Waals surface area (Å²) in [5.74, 6) is -0.906. The summed E-state index contributed by atoms with van der Waals surface area (Å²) in [5.41, 5.74) is 0. The summed E-state index contributed by atoms with van der Waals surface area (Å²) in [6.07, 6.45) is 2.23. The number of hydrogen-bond acceptors (Lipinski definition) is 5. The first kappa shape index (κ1) is 15.3. The number of hydrogen-bond donors (Lipinski definition) is 2. The van der Waals surface area contributed by atoms with Gasteiger partial charge in [-0.2, -0.15) is 5.10 Å². The zero-order chi connectivity index (χ0) is 15.5. The molecule has 0 amide bonds. The molecule has 21 heavy (non-hydrogen) atoms. The van der Waals surface area contributed by atoms with Gasteiger partial charge in [0.25, 0.3) is 10.0 Å². The van der Waals surface area contributed by atoms with Crippen LogP contribution in [0.5, 0.6) is 0 Å². The van der Waals surface area contributed by atoms with Gasteiger partial charge in [0, 0.05) is 6.20 Å². The van der Waals surface area contributed by atoms with Crippen LogP contribution >= 0.6 is 11.6 Å². The summed E-state index contributed by atoms with van der Waals surface area (Å²) in [7, 11) is -3.85. The van der Waals surface area contributed by atoms with Gasteiger partial charge in [-0.15, -0.1) is 0 Å². The molecule has 8 nitrogen and oxygen atoms in total. The Hall–Kier alpha value is -2.13. The molecule has 0 radical (unpaired) electrons. The zero-order valence-corrected chi connectivity index (χ0v) is 12.2. The van der Waals surface area contributed by atoms with E-state index in [0.717, 1.165) is 6.20 Å². The Labute approximate surface area is 125 Å². The quantitative estimate of drug-likeness (QED) is 0.769. The molecule has 0 unspecified atom stereocenters. The van der Waals surface area contributed by atoms with Gasteiger partial charge in [-0.3, -0.25) is 14.2 Å². The Morgan fingerprint density at radius 2 is 2.19 bits per heavy atom. The van der Waals surface area contributed by atoms with Gasteiger partial charge in [-0.1, -0.05) is 17.7 Å². The molecule has 0 fully saturated rings. The third kappa shape index (κ3) is 4.17. The predicted octanol–water partition coefficient (Wildman–Crippen LogP) is 1.21. The monoisotopic (exact) mass is 330 g/mol. The van der Waals surface area contributed by atoms with Crippen molar-refractivity contribution in [1.29, 1.82) is 0 Å². The van der Waals surface area contributed by atoms with Crippen molar-refractivity contribution < 1.29 is 18.3 Å². The largest absolute Gasteiger partial charge is 0.481 e. The van der Waals surface area contributed by atoms with Crippen LogP contribution in [0.25, 0.3) is 0 Å². The smallest absolute Gasteiger partial charge is 0.305 e. The van der Waals surface area contributed by atoms with E-state index in [1.807, 2.05) is 0 Å². The maximum absolute atomic E-state index is 12.1. The molecule has 10 heteroatoms. The van der Waals surface area contributed by atoms with Crippen LogP contribution in [0.1, 0.15) is 6.42 Å². The van der Waals surface area contributed by atoms with E-state index < -0.39 is 16.0 Å². The van der Waals surface area contributed by atoms with E-state index >= 15 is 0 Å². The first-order chi connectivity index (χ1) is 9.87. The highest BCUT2D eigenvalue weighted by Crippen LogP contribution is 2.15. The fourth-order valence-electron chi connectivity index (χ4n) is 1.48. The molecular weight excluding hydrogens is 320 g/mol. The van der Waals surface area contributed by atoms with Crippen molar-refractivity contribution in [3.05, 3.63) is 35.7 Å². The molecule has 0 saturated heterocycles. The number of nitrogens with one attached hydrogen (secondary N) is 1. The van der Waals surface area contributed by atoms with E-state index in [1.54, 1.807) is 6.07 Å². The number of carboxylic acids is 1. The molecule has 2 aromatic heterocycles. The lowest BCUT2D eigenvalue weighted by Crippen LogP contribution is -2.13. The average Bonchev–Trinajstić information content (AvgIpc) is 2.85.